The van der Waals surface area contributed by atoms with E-state index in [4.69, 9.17) is 0 Å². The number of hydrogen-bond donors (Lipinski definition) is 0. The molecular weight excluding hydrogens is 766 g/mol. The average Bonchev–Trinajstić information content (AvgIpc) is 3.72. The molecule has 4 aliphatic rings. The van der Waals surface area contributed by atoms with Gasteiger partial charge in [0.2, 0.25) is 0 Å². The van der Waals surface area contributed by atoms with Crippen LogP contribution in [0.4, 0.5) is 34.1 Å². The quantitative estimate of drug-likeness (QED) is 0.165. The fourth-order valence-electron chi connectivity index (χ4n) is 11.9. The van der Waals surface area contributed by atoms with E-state index in [9.17, 15) is 0 Å². The molecule has 8 aromatic rings. The fraction of sp³-hybridized carbons (Fsp3) is 0.228. The van der Waals surface area contributed by atoms with Crippen LogP contribution in [0.25, 0.3) is 27.8 Å². The van der Waals surface area contributed by atoms with Gasteiger partial charge in [-0.2, -0.15) is 0 Å². The topological polar surface area (TPSA) is 11.4 Å². The first-order valence-corrected chi connectivity index (χ1v) is 25.6. The maximum absolute atomic E-state index is 2.69. The molecule has 1 aromatic heterocycles. The molecule has 7 aromatic carbocycles. The Morgan fingerprint density at radius 3 is 1.82 bits per heavy atom. The van der Waals surface area contributed by atoms with E-state index in [1.54, 1.807) is 0 Å². The fourth-order valence-corrected chi connectivity index (χ4v) is 14.9. The van der Waals surface area contributed by atoms with E-state index in [1.165, 1.54) is 93.9 Å². The lowest BCUT2D eigenvalue weighted by Gasteiger charge is -2.48. The van der Waals surface area contributed by atoms with Gasteiger partial charge in [0.05, 0.1) is 11.4 Å². The highest BCUT2D eigenvalue weighted by molar-refractivity contribution is 7.05. The number of fused-ring (bicyclic) bond motifs is 11. The molecule has 304 valence electrons. The van der Waals surface area contributed by atoms with Crippen molar-refractivity contribution in [2.45, 2.75) is 84.7 Å². The molecule has 1 aliphatic carbocycles. The molecule has 12 rings (SSSR count). The summed E-state index contributed by atoms with van der Waals surface area (Å²) in [5.74, 6) is 0. The Morgan fingerprint density at radius 2 is 1.15 bits per heavy atom. The van der Waals surface area contributed by atoms with E-state index in [1.807, 2.05) is 0 Å². The zero-order valence-electron chi connectivity index (χ0n) is 37.8. The highest BCUT2D eigenvalue weighted by atomic mass is 28.3. The molecule has 0 fully saturated rings. The zero-order valence-corrected chi connectivity index (χ0v) is 38.8. The van der Waals surface area contributed by atoms with Gasteiger partial charge in [0.25, 0.3) is 6.71 Å². The van der Waals surface area contributed by atoms with Crippen LogP contribution in [0.1, 0.15) is 77.6 Å². The van der Waals surface area contributed by atoms with Crippen LogP contribution >= 0.6 is 0 Å². The third-order valence-corrected chi connectivity index (χ3v) is 18.6. The Labute approximate surface area is 368 Å². The lowest BCUT2D eigenvalue weighted by atomic mass is 9.33. The zero-order chi connectivity index (χ0) is 42.8. The molecule has 5 heteroatoms. The molecule has 4 heterocycles. The largest absolute Gasteiger partial charge is 0.312 e. The van der Waals surface area contributed by atoms with Gasteiger partial charge in [-0.1, -0.05) is 172 Å². The minimum atomic E-state index is -2.08. The molecule has 0 unspecified atom stereocenters. The average molecular weight is 820 g/mol. The van der Waals surface area contributed by atoms with Crippen molar-refractivity contribution in [2.75, 3.05) is 9.80 Å². The summed E-state index contributed by atoms with van der Waals surface area (Å²) < 4.78 is 2.69. The van der Waals surface area contributed by atoms with Crippen LogP contribution in [0.3, 0.4) is 0 Å². The first-order valence-electron chi connectivity index (χ1n) is 22.6. The second-order valence-electron chi connectivity index (χ2n) is 21.5. The summed E-state index contributed by atoms with van der Waals surface area (Å²) in [6.07, 6.45) is 0. The van der Waals surface area contributed by atoms with Gasteiger partial charge in [-0.25, -0.2) is 0 Å². The number of hydrogen-bond acceptors (Lipinski definition) is 2. The van der Waals surface area contributed by atoms with Gasteiger partial charge in [0.15, 0.2) is 0 Å². The van der Waals surface area contributed by atoms with E-state index in [0.717, 1.165) is 17.1 Å². The normalized spacial score (nSPS) is 15.8. The maximum atomic E-state index is 2.69. The van der Waals surface area contributed by atoms with Crippen molar-refractivity contribution in [1.29, 1.82) is 0 Å². The van der Waals surface area contributed by atoms with Gasteiger partial charge >= 0.3 is 0 Å². The first-order chi connectivity index (χ1) is 29.6. The van der Waals surface area contributed by atoms with Crippen LogP contribution in [-0.4, -0.2) is 19.4 Å². The van der Waals surface area contributed by atoms with E-state index in [-0.39, 0.29) is 23.0 Å². The Morgan fingerprint density at radius 1 is 0.565 bits per heavy atom. The molecule has 0 saturated carbocycles. The Bertz CT molecular complexity index is 3150. The standard InChI is InChI=1S/C57H54BN3Si/c1-55(2,3)35-25-29-37(30-26-35)59(38-31-27-36(28-32-38)56(4,5)6)39-33-46-51-47(34-39)61-52-41(50-53(61)40-17-11-12-19-42(40)57(50,7)8)18-15-20-43(52)58(51)44-21-16-24-49-54(44)60(46)45-22-13-14-23-48(45)62(49,9)10/h11-34H,1-10H3. The van der Waals surface area contributed by atoms with Crippen LogP contribution in [0, 0.1) is 0 Å². The van der Waals surface area contributed by atoms with Crippen molar-refractivity contribution in [2.24, 2.45) is 0 Å². The van der Waals surface area contributed by atoms with Crippen LogP contribution in [-0.2, 0) is 16.2 Å². The molecule has 3 nitrogen and oxygen atoms in total. The summed E-state index contributed by atoms with van der Waals surface area (Å²) in [5, 5.41) is 4.38. The number of nitrogens with zero attached hydrogens (tertiary/aromatic N) is 3. The Hall–Kier alpha value is -6.04. The molecule has 0 saturated heterocycles. The molecule has 3 aliphatic heterocycles. The predicted octanol–water partition coefficient (Wildman–Crippen LogP) is 11.8. The van der Waals surface area contributed by atoms with Gasteiger partial charge in [0.1, 0.15) is 8.07 Å². The van der Waals surface area contributed by atoms with E-state index in [2.05, 4.69) is 228 Å². The van der Waals surface area contributed by atoms with Crippen molar-refractivity contribution >= 4 is 86.6 Å². The van der Waals surface area contributed by atoms with Crippen molar-refractivity contribution in [3.05, 3.63) is 168 Å². The number of para-hydroxylation sites is 3. The van der Waals surface area contributed by atoms with Crippen LogP contribution < -0.4 is 36.6 Å². The van der Waals surface area contributed by atoms with Crippen molar-refractivity contribution in [1.82, 2.24) is 4.57 Å². The second-order valence-corrected chi connectivity index (χ2v) is 25.8. The van der Waals surface area contributed by atoms with E-state index in [0.29, 0.717) is 0 Å². The minimum absolute atomic E-state index is 0.0458. The smallest absolute Gasteiger partial charge is 0.252 e. The summed E-state index contributed by atoms with van der Waals surface area (Å²) >= 11 is 0. The number of anilines is 6. The van der Waals surface area contributed by atoms with E-state index >= 15 is 0 Å². The summed E-state index contributed by atoms with van der Waals surface area (Å²) in [6.45, 7) is 23.9. The van der Waals surface area contributed by atoms with Crippen molar-refractivity contribution < 1.29 is 0 Å². The van der Waals surface area contributed by atoms with Crippen molar-refractivity contribution in [3.63, 3.8) is 0 Å². The van der Waals surface area contributed by atoms with Crippen LogP contribution in [0.15, 0.2) is 146 Å². The Kier molecular flexibility index (Phi) is 7.49. The van der Waals surface area contributed by atoms with Gasteiger partial charge in [0, 0.05) is 56.0 Å². The van der Waals surface area contributed by atoms with Gasteiger partial charge < -0.3 is 14.4 Å². The third kappa shape index (κ3) is 4.89. The van der Waals surface area contributed by atoms with Gasteiger partial charge in [-0.05, 0) is 102 Å². The molecule has 0 atom stereocenters. The highest BCUT2D eigenvalue weighted by Gasteiger charge is 2.50. The lowest BCUT2D eigenvalue weighted by molar-refractivity contribution is 0.590. The predicted molar refractivity (Wildman–Crippen MR) is 269 cm³/mol. The minimum Gasteiger partial charge on any atom is -0.312 e. The molecular formula is C57H54BN3Si. The first kappa shape index (κ1) is 37.7. The lowest BCUT2D eigenvalue weighted by Crippen LogP contribution is -2.67. The van der Waals surface area contributed by atoms with Gasteiger partial charge in [-0.15, -0.1) is 0 Å². The highest BCUT2D eigenvalue weighted by Crippen LogP contribution is 2.55. The van der Waals surface area contributed by atoms with Crippen molar-refractivity contribution in [3.8, 4) is 16.9 Å². The molecule has 0 amide bonds. The maximum Gasteiger partial charge on any atom is 0.252 e. The Balaban J connectivity index is 1.23. The summed E-state index contributed by atoms with van der Waals surface area (Å²) in [4.78, 5) is 5.19. The number of rotatable bonds is 3. The third-order valence-electron chi connectivity index (χ3n) is 15.0. The summed E-state index contributed by atoms with van der Waals surface area (Å²) in [5.41, 5.74) is 22.4. The molecule has 0 spiro atoms. The van der Waals surface area contributed by atoms with Crippen LogP contribution in [0.5, 0.6) is 0 Å². The van der Waals surface area contributed by atoms with Crippen LogP contribution in [0.2, 0.25) is 13.1 Å². The monoisotopic (exact) mass is 819 g/mol. The summed E-state index contributed by atoms with van der Waals surface area (Å²) in [6, 6.07) is 56.6. The SMILES string of the molecule is CC(C)(C)c1ccc(N(c2ccc(C(C)(C)C)cc2)c2cc3c4c(c2)-n2c5c(c6cccc(c62)B4c2cccc4c2N3c2ccccc2[Si]4(C)C)C(C)(C)c2ccccc2-5)cc1. The molecule has 0 radical (unpaired) electrons. The molecule has 0 bridgehead atoms. The second kappa shape index (κ2) is 12.3. The van der Waals surface area contributed by atoms with Gasteiger partial charge in [-0.3, -0.25) is 0 Å². The number of aromatic nitrogens is 1. The molecule has 0 N–H and O–H groups in total. The summed E-state index contributed by atoms with van der Waals surface area (Å²) in [7, 11) is -2.08. The van der Waals surface area contributed by atoms with E-state index < -0.39 is 8.07 Å². The number of benzene rings is 7. The molecule has 62 heavy (non-hydrogen) atoms.